The van der Waals surface area contributed by atoms with E-state index in [0.29, 0.717) is 11.1 Å². The maximum Gasteiger partial charge on any atom is 0.345 e. The summed E-state index contributed by atoms with van der Waals surface area (Å²) < 4.78 is 0. The molecule has 4 rings (SSSR count). The second kappa shape index (κ2) is 13.1. The molecule has 5 nitrogen and oxygen atoms in total. The first-order chi connectivity index (χ1) is 15.5. The number of piperidine rings is 1. The summed E-state index contributed by atoms with van der Waals surface area (Å²) in [4.78, 5) is 13.7. The fraction of sp³-hybridized carbons (Fsp3) is 0.296. The summed E-state index contributed by atoms with van der Waals surface area (Å²) in [6.07, 6.45) is 3.57. The summed E-state index contributed by atoms with van der Waals surface area (Å²) in [5, 5.41) is 29.8. The largest absolute Gasteiger partial charge is 0.479 e. The van der Waals surface area contributed by atoms with Crippen LogP contribution in [0.25, 0.3) is 0 Å². The van der Waals surface area contributed by atoms with E-state index in [-0.39, 0.29) is 18.5 Å². The van der Waals surface area contributed by atoms with Gasteiger partial charge >= 0.3 is 5.97 Å². The molecule has 1 saturated heterocycles. The molecule has 3 N–H and O–H groups in total. The fourth-order valence-corrected chi connectivity index (χ4v) is 3.94. The van der Waals surface area contributed by atoms with Gasteiger partial charge in [0.15, 0.2) is 0 Å². The minimum atomic E-state index is -2.00. The summed E-state index contributed by atoms with van der Waals surface area (Å²) in [7, 11) is 0. The lowest BCUT2D eigenvalue weighted by Gasteiger charge is -2.28. The quantitative estimate of drug-likeness (QED) is 0.490. The van der Waals surface area contributed by atoms with Crippen molar-refractivity contribution in [2.75, 3.05) is 19.6 Å². The zero-order chi connectivity index (χ0) is 22.8. The van der Waals surface area contributed by atoms with Crippen LogP contribution in [0.5, 0.6) is 0 Å². The first kappa shape index (κ1) is 26.6. The Hall–Kier alpha value is -2.70. The highest BCUT2D eigenvalue weighted by molar-refractivity contribution is 5.85. The van der Waals surface area contributed by atoms with Crippen LogP contribution < -0.4 is 0 Å². The molecule has 33 heavy (non-hydrogen) atoms. The number of nitrogens with zero attached hydrogens (tertiary/aromatic N) is 1. The Kier molecular flexibility index (Phi) is 10.6. The third-order valence-corrected chi connectivity index (χ3v) is 5.76. The third kappa shape index (κ3) is 7.14. The Morgan fingerprint density at radius 1 is 0.788 bits per heavy atom. The number of carboxylic acids is 1. The van der Waals surface area contributed by atoms with Crippen LogP contribution in [0.3, 0.4) is 0 Å². The van der Waals surface area contributed by atoms with Gasteiger partial charge in [-0.3, -0.25) is 0 Å². The third-order valence-electron chi connectivity index (χ3n) is 5.76. The number of carbonyl (C=O) groups is 1. The van der Waals surface area contributed by atoms with Gasteiger partial charge in [-0.05, 0) is 42.6 Å². The number of aliphatic hydroxyl groups excluding tert-OH is 1. The van der Waals surface area contributed by atoms with Crippen LogP contribution in [-0.2, 0) is 10.4 Å². The topological polar surface area (TPSA) is 81.0 Å². The molecule has 3 aromatic carbocycles. The van der Waals surface area contributed by atoms with Gasteiger partial charge in [0.25, 0.3) is 0 Å². The highest BCUT2D eigenvalue weighted by Gasteiger charge is 2.39. The van der Waals surface area contributed by atoms with E-state index in [4.69, 9.17) is 0 Å². The second-order valence-electron chi connectivity index (χ2n) is 8.04. The predicted octanol–water partition coefficient (Wildman–Crippen LogP) is 4.63. The number of hydrogen-bond acceptors (Lipinski definition) is 4. The van der Waals surface area contributed by atoms with E-state index in [0.717, 1.165) is 25.2 Å². The maximum absolute atomic E-state index is 11.4. The Balaban J connectivity index is 0.000000228. The van der Waals surface area contributed by atoms with Crippen LogP contribution in [-0.4, -0.2) is 45.8 Å². The molecular formula is C27H32ClNO4. The maximum atomic E-state index is 11.4. The number of aliphatic carboxylic acids is 1. The molecule has 1 aliphatic rings. The average Bonchev–Trinajstić information content (AvgIpc) is 2.86. The van der Waals surface area contributed by atoms with E-state index >= 15 is 0 Å². The molecule has 0 aliphatic carbocycles. The van der Waals surface area contributed by atoms with Crippen LogP contribution in [0, 0.1) is 0 Å². The molecular weight excluding hydrogens is 438 g/mol. The number of carboxylic acid groups (broad SMARTS) is 1. The zero-order valence-electron chi connectivity index (χ0n) is 18.6. The van der Waals surface area contributed by atoms with Gasteiger partial charge in [0.05, 0.1) is 6.10 Å². The van der Waals surface area contributed by atoms with E-state index in [1.165, 1.54) is 19.3 Å². The monoisotopic (exact) mass is 469 g/mol. The van der Waals surface area contributed by atoms with Crippen molar-refractivity contribution in [1.29, 1.82) is 0 Å². The van der Waals surface area contributed by atoms with E-state index in [1.807, 2.05) is 30.3 Å². The van der Waals surface area contributed by atoms with Crippen LogP contribution in [0.15, 0.2) is 91.0 Å². The number of hydrogen-bond donors (Lipinski definition) is 3. The molecule has 1 unspecified atom stereocenters. The van der Waals surface area contributed by atoms with Crippen molar-refractivity contribution >= 4 is 18.4 Å². The fourth-order valence-electron chi connectivity index (χ4n) is 3.94. The second-order valence-corrected chi connectivity index (χ2v) is 8.04. The normalized spacial score (nSPS) is 14.8. The van der Waals surface area contributed by atoms with Gasteiger partial charge in [-0.2, -0.15) is 0 Å². The van der Waals surface area contributed by atoms with Crippen molar-refractivity contribution < 1.29 is 20.1 Å². The molecule has 0 bridgehead atoms. The Morgan fingerprint density at radius 3 is 1.64 bits per heavy atom. The first-order valence-corrected chi connectivity index (χ1v) is 11.0. The average molecular weight is 470 g/mol. The van der Waals surface area contributed by atoms with Gasteiger partial charge in [-0.1, -0.05) is 97.4 Å². The molecule has 3 aromatic rings. The molecule has 1 atom stereocenters. The van der Waals surface area contributed by atoms with Gasteiger partial charge in [-0.15, -0.1) is 12.4 Å². The highest BCUT2D eigenvalue weighted by atomic mass is 35.5. The van der Waals surface area contributed by atoms with E-state index in [2.05, 4.69) is 4.90 Å². The van der Waals surface area contributed by atoms with Crippen molar-refractivity contribution in [2.45, 2.75) is 31.0 Å². The van der Waals surface area contributed by atoms with E-state index in [1.54, 1.807) is 60.7 Å². The molecule has 0 amide bonds. The smallest absolute Gasteiger partial charge is 0.345 e. The van der Waals surface area contributed by atoms with Crippen LogP contribution >= 0.6 is 12.4 Å². The number of benzene rings is 3. The molecule has 0 aromatic heterocycles. The molecule has 1 aliphatic heterocycles. The van der Waals surface area contributed by atoms with E-state index < -0.39 is 11.6 Å². The van der Waals surface area contributed by atoms with Crippen molar-refractivity contribution in [2.24, 2.45) is 0 Å². The van der Waals surface area contributed by atoms with Crippen molar-refractivity contribution in [1.82, 2.24) is 4.90 Å². The van der Waals surface area contributed by atoms with Crippen LogP contribution in [0.4, 0.5) is 0 Å². The molecule has 0 saturated carbocycles. The minimum absolute atomic E-state index is 0. The highest BCUT2D eigenvalue weighted by Crippen LogP contribution is 2.29. The van der Waals surface area contributed by atoms with Crippen molar-refractivity contribution in [3.05, 3.63) is 108 Å². The SMILES string of the molecule is Cl.O=C(O)C(O)(c1ccccc1)c1ccccc1.OC(CN1CCCCC1)c1ccccc1. The number of likely N-dealkylation sites (tertiary alicyclic amines) is 1. The molecule has 1 heterocycles. The van der Waals surface area contributed by atoms with Gasteiger partial charge in [0.1, 0.15) is 0 Å². The van der Waals surface area contributed by atoms with Gasteiger partial charge < -0.3 is 20.2 Å². The summed E-state index contributed by atoms with van der Waals surface area (Å²) in [5.41, 5.74) is -0.275. The molecule has 0 radical (unpaired) electrons. The van der Waals surface area contributed by atoms with Crippen LogP contribution in [0.1, 0.15) is 42.1 Å². The molecule has 1 fully saturated rings. The summed E-state index contributed by atoms with van der Waals surface area (Å²) in [6.45, 7) is 3.07. The number of rotatable bonds is 6. The number of β-amino-alcohol motifs (C(OH)–C–C–N with tert-alkyl or cyclic N) is 1. The van der Waals surface area contributed by atoms with Crippen LogP contribution in [0.2, 0.25) is 0 Å². The predicted molar refractivity (Wildman–Crippen MR) is 132 cm³/mol. The zero-order valence-corrected chi connectivity index (χ0v) is 19.4. The molecule has 6 heteroatoms. The summed E-state index contributed by atoms with van der Waals surface area (Å²) in [6, 6.07) is 26.7. The standard InChI is InChI=1S/C14H12O3.C13H19NO.ClH/c15-13(16)14(17,11-7-3-1-4-8-11)12-9-5-2-6-10-12;15-13(12-7-3-1-4-8-12)11-14-9-5-2-6-10-14;/h1-10,17H,(H,15,16);1,3-4,7-8,13,15H,2,5-6,9-11H2;1H. The minimum Gasteiger partial charge on any atom is -0.479 e. The Morgan fingerprint density at radius 2 is 1.21 bits per heavy atom. The summed E-state index contributed by atoms with van der Waals surface area (Å²) >= 11 is 0. The lowest BCUT2D eigenvalue weighted by molar-refractivity contribution is -0.155. The van der Waals surface area contributed by atoms with Crippen molar-refractivity contribution in [3.8, 4) is 0 Å². The van der Waals surface area contributed by atoms with Gasteiger partial charge in [0.2, 0.25) is 5.60 Å². The lowest BCUT2D eigenvalue weighted by Crippen LogP contribution is -2.36. The number of halogens is 1. The first-order valence-electron chi connectivity index (χ1n) is 11.0. The number of aliphatic hydroxyl groups is 2. The van der Waals surface area contributed by atoms with E-state index in [9.17, 15) is 20.1 Å². The van der Waals surface area contributed by atoms with Gasteiger partial charge in [-0.25, -0.2) is 4.79 Å². The summed E-state index contributed by atoms with van der Waals surface area (Å²) in [5.74, 6) is -1.28. The lowest BCUT2D eigenvalue weighted by atomic mass is 9.86. The van der Waals surface area contributed by atoms with Gasteiger partial charge in [0, 0.05) is 6.54 Å². The van der Waals surface area contributed by atoms with Crippen molar-refractivity contribution in [3.63, 3.8) is 0 Å². The molecule has 0 spiro atoms. The Labute approximate surface area is 201 Å². The Bertz CT molecular complexity index is 908. The molecule has 176 valence electrons.